The topological polar surface area (TPSA) is 118 Å². The van der Waals surface area contributed by atoms with Gasteiger partial charge in [0.2, 0.25) is 11.8 Å². The first-order valence-corrected chi connectivity index (χ1v) is 14.5. The number of aryl methyl sites for hydroxylation is 1. The Morgan fingerprint density at radius 1 is 1.15 bits per heavy atom. The number of rotatable bonds is 9. The number of halogens is 3. The Balaban J connectivity index is 1.51. The van der Waals surface area contributed by atoms with E-state index in [4.69, 9.17) is 16.3 Å². The number of hydrogen-bond acceptors (Lipinski definition) is 6. The molecule has 0 bridgehead atoms. The molecule has 41 heavy (non-hydrogen) atoms. The molecule has 2 amide bonds. The summed E-state index contributed by atoms with van der Waals surface area (Å²) in [6.07, 6.45) is 1.19. The molecule has 2 aliphatic heterocycles. The standard InChI is InChI=1S/C28H34ClF2N5O5/c1-2-36-25(26(30)31)20(32-33-36)15-41-22-10-9-19(29)18-11-13-35(21(24(18)22)14-34-12-5-8-23(34)37)27(38)16-6-3-4-7-17(16)28(39)40/h9-10,16-17,21,26H,2-8,11-15H2,1H3,(H,39,40)/t16-,17+,21-/m1/s1. The fourth-order valence-corrected chi connectivity index (χ4v) is 6.74. The van der Waals surface area contributed by atoms with Gasteiger partial charge in [0, 0.05) is 43.2 Å². The van der Waals surface area contributed by atoms with Crippen molar-refractivity contribution in [3.05, 3.63) is 39.7 Å². The van der Waals surface area contributed by atoms with Crippen molar-refractivity contribution in [1.29, 1.82) is 0 Å². The summed E-state index contributed by atoms with van der Waals surface area (Å²) in [7, 11) is 0. The summed E-state index contributed by atoms with van der Waals surface area (Å²) in [5, 5.41) is 18.0. The number of aromatic nitrogens is 3. The van der Waals surface area contributed by atoms with Gasteiger partial charge in [-0.05, 0) is 50.3 Å². The van der Waals surface area contributed by atoms with Gasteiger partial charge in [0.1, 0.15) is 23.7 Å². The van der Waals surface area contributed by atoms with E-state index in [0.29, 0.717) is 61.5 Å². The fourth-order valence-electron chi connectivity index (χ4n) is 6.48. The molecule has 3 heterocycles. The van der Waals surface area contributed by atoms with Crippen LogP contribution in [0.15, 0.2) is 12.1 Å². The van der Waals surface area contributed by atoms with E-state index in [1.54, 1.807) is 28.9 Å². The molecule has 0 spiro atoms. The summed E-state index contributed by atoms with van der Waals surface area (Å²) in [4.78, 5) is 42.2. The predicted octanol–water partition coefficient (Wildman–Crippen LogP) is 4.41. The number of carboxylic acid groups (broad SMARTS) is 1. The lowest BCUT2D eigenvalue weighted by atomic mass is 9.77. The van der Waals surface area contributed by atoms with Crippen LogP contribution in [0.25, 0.3) is 0 Å². The summed E-state index contributed by atoms with van der Waals surface area (Å²) in [6, 6.07) is 2.67. The van der Waals surface area contributed by atoms with Crippen LogP contribution < -0.4 is 4.74 Å². The molecule has 5 rings (SSSR count). The number of carbonyl (C=O) groups is 3. The van der Waals surface area contributed by atoms with Gasteiger partial charge in [0.15, 0.2) is 0 Å². The van der Waals surface area contributed by atoms with Crippen molar-refractivity contribution < 1.29 is 33.0 Å². The highest BCUT2D eigenvalue weighted by atomic mass is 35.5. The van der Waals surface area contributed by atoms with Crippen molar-refractivity contribution in [2.75, 3.05) is 19.6 Å². The summed E-state index contributed by atoms with van der Waals surface area (Å²) in [5.74, 6) is -2.34. The van der Waals surface area contributed by atoms with E-state index >= 15 is 0 Å². The first kappa shape index (κ1) is 29.2. The highest BCUT2D eigenvalue weighted by Gasteiger charge is 2.43. The number of ether oxygens (including phenoxy) is 1. The molecule has 1 aliphatic carbocycles. The van der Waals surface area contributed by atoms with Crippen molar-refractivity contribution in [3.8, 4) is 5.75 Å². The van der Waals surface area contributed by atoms with Crippen LogP contribution in [-0.2, 0) is 34.0 Å². The minimum Gasteiger partial charge on any atom is -0.487 e. The lowest BCUT2D eigenvalue weighted by molar-refractivity contribution is -0.154. The maximum atomic E-state index is 14.1. The van der Waals surface area contributed by atoms with Gasteiger partial charge in [-0.2, -0.15) is 0 Å². The number of carboxylic acids is 1. The molecule has 1 aromatic heterocycles. The molecule has 222 valence electrons. The number of likely N-dealkylation sites (tertiary alicyclic amines) is 1. The van der Waals surface area contributed by atoms with E-state index in [1.807, 2.05) is 0 Å². The molecule has 13 heteroatoms. The predicted molar refractivity (Wildman–Crippen MR) is 143 cm³/mol. The van der Waals surface area contributed by atoms with Gasteiger partial charge in [-0.1, -0.05) is 29.7 Å². The van der Waals surface area contributed by atoms with Crippen molar-refractivity contribution in [2.24, 2.45) is 11.8 Å². The van der Waals surface area contributed by atoms with Gasteiger partial charge < -0.3 is 19.6 Å². The number of fused-ring (bicyclic) bond motifs is 1. The highest BCUT2D eigenvalue weighted by molar-refractivity contribution is 6.31. The second-order valence-corrected chi connectivity index (χ2v) is 11.2. The van der Waals surface area contributed by atoms with Crippen molar-refractivity contribution in [1.82, 2.24) is 24.8 Å². The molecule has 2 aromatic rings. The SMILES string of the molecule is CCn1nnc(COc2ccc(Cl)c3c2[C@@H](CN2CCCC2=O)N(C(=O)[C@@H]2CCCC[C@@H]2C(=O)O)CC3)c1C(F)F. The Morgan fingerprint density at radius 3 is 2.56 bits per heavy atom. The minimum atomic E-state index is -2.79. The first-order valence-electron chi connectivity index (χ1n) is 14.2. The lowest BCUT2D eigenvalue weighted by Crippen LogP contribution is -2.50. The van der Waals surface area contributed by atoms with Crippen LogP contribution >= 0.6 is 11.6 Å². The Bertz CT molecular complexity index is 1320. The number of benzene rings is 1. The highest BCUT2D eigenvalue weighted by Crippen LogP contribution is 2.43. The summed E-state index contributed by atoms with van der Waals surface area (Å²) >= 11 is 6.63. The van der Waals surface area contributed by atoms with Gasteiger partial charge >= 0.3 is 5.97 Å². The van der Waals surface area contributed by atoms with E-state index in [1.165, 1.54) is 0 Å². The Hall–Kier alpha value is -3.28. The van der Waals surface area contributed by atoms with Crippen molar-refractivity contribution in [3.63, 3.8) is 0 Å². The van der Waals surface area contributed by atoms with Crippen LogP contribution in [0.2, 0.25) is 5.02 Å². The van der Waals surface area contributed by atoms with Gasteiger partial charge in [-0.25, -0.2) is 13.5 Å². The average Bonchev–Trinajstić information content (AvgIpc) is 3.57. The molecule has 2 fully saturated rings. The zero-order valence-corrected chi connectivity index (χ0v) is 23.7. The first-order chi connectivity index (χ1) is 19.7. The second kappa shape index (κ2) is 12.3. The Labute approximate surface area is 241 Å². The van der Waals surface area contributed by atoms with E-state index in [0.717, 1.165) is 23.1 Å². The van der Waals surface area contributed by atoms with E-state index < -0.39 is 30.3 Å². The Morgan fingerprint density at radius 2 is 1.90 bits per heavy atom. The number of hydrogen-bond donors (Lipinski definition) is 1. The monoisotopic (exact) mass is 593 g/mol. The second-order valence-electron chi connectivity index (χ2n) is 10.8. The maximum Gasteiger partial charge on any atom is 0.307 e. The van der Waals surface area contributed by atoms with Crippen LogP contribution in [0.5, 0.6) is 5.75 Å². The van der Waals surface area contributed by atoms with Crippen LogP contribution in [0.1, 0.15) is 80.4 Å². The quantitative estimate of drug-likeness (QED) is 0.458. The summed E-state index contributed by atoms with van der Waals surface area (Å²) in [5.41, 5.74) is 1.06. The van der Waals surface area contributed by atoms with E-state index in [2.05, 4.69) is 10.3 Å². The van der Waals surface area contributed by atoms with Gasteiger partial charge in [0.05, 0.1) is 17.9 Å². The van der Waals surface area contributed by atoms with Crippen molar-refractivity contribution in [2.45, 2.75) is 77.5 Å². The zero-order chi connectivity index (χ0) is 29.3. The zero-order valence-electron chi connectivity index (χ0n) is 22.9. The fraction of sp³-hybridized carbons (Fsp3) is 0.607. The third kappa shape index (κ3) is 5.75. The lowest BCUT2D eigenvalue weighted by Gasteiger charge is -2.43. The van der Waals surface area contributed by atoms with Gasteiger partial charge in [-0.15, -0.1) is 5.10 Å². The van der Waals surface area contributed by atoms with E-state index in [9.17, 15) is 28.3 Å². The summed E-state index contributed by atoms with van der Waals surface area (Å²) in [6.45, 7) is 2.70. The smallest absolute Gasteiger partial charge is 0.307 e. The molecular weight excluding hydrogens is 560 g/mol. The summed E-state index contributed by atoms with van der Waals surface area (Å²) < 4.78 is 34.8. The molecule has 1 N–H and O–H groups in total. The van der Waals surface area contributed by atoms with Crippen molar-refractivity contribution >= 4 is 29.4 Å². The molecule has 0 radical (unpaired) electrons. The molecule has 0 unspecified atom stereocenters. The third-order valence-corrected chi connectivity index (χ3v) is 8.89. The van der Waals surface area contributed by atoms with Crippen LogP contribution in [-0.4, -0.2) is 67.3 Å². The van der Waals surface area contributed by atoms with Gasteiger partial charge in [-0.3, -0.25) is 14.4 Å². The maximum absolute atomic E-state index is 14.1. The van der Waals surface area contributed by atoms with Gasteiger partial charge in [0.25, 0.3) is 6.43 Å². The Kier molecular flexibility index (Phi) is 8.77. The number of amides is 2. The molecule has 1 saturated heterocycles. The molecule has 1 aromatic carbocycles. The number of alkyl halides is 2. The van der Waals surface area contributed by atoms with Crippen LogP contribution in [0.4, 0.5) is 8.78 Å². The minimum absolute atomic E-state index is 0.00654. The third-order valence-electron chi connectivity index (χ3n) is 8.54. The van der Waals surface area contributed by atoms with Crippen LogP contribution in [0, 0.1) is 11.8 Å². The average molecular weight is 594 g/mol. The molecule has 3 atom stereocenters. The molecule has 1 saturated carbocycles. The van der Waals surface area contributed by atoms with Crippen LogP contribution in [0.3, 0.4) is 0 Å². The largest absolute Gasteiger partial charge is 0.487 e. The molecule has 10 nitrogen and oxygen atoms in total. The molecular formula is C28H34ClF2N5O5. The number of nitrogens with zero attached hydrogens (tertiary/aromatic N) is 5. The number of carbonyl (C=O) groups excluding carboxylic acids is 2. The van der Waals surface area contributed by atoms with E-state index in [-0.39, 0.29) is 42.9 Å². The normalized spacial score (nSPS) is 22.8. The number of aliphatic carboxylic acids is 1. The molecule has 3 aliphatic rings.